The SMILES string of the molecule is CC(Cc1ccc(OCCNP)cc1)NC(=O)CC(C)(C)SP.Cc1cccc2c(CC([NH-])C(=O)NC(CCCCNP)C(N)=O)c[nH]c12.O=COP.[Pu]. The minimum atomic E-state index is -0.995. The first-order valence-corrected chi connectivity index (χ1v) is 21.0. The first-order chi connectivity index (χ1) is 25.2. The van der Waals surface area contributed by atoms with E-state index in [0.29, 0.717) is 25.9 Å². The number of ether oxygens (including phenoxy) is 1. The second-order valence-electron chi connectivity index (χ2n) is 12.9. The summed E-state index contributed by atoms with van der Waals surface area (Å²) in [6.07, 6.45) is 5.56. The van der Waals surface area contributed by atoms with Crippen molar-refractivity contribution in [2.24, 2.45) is 5.73 Å². The Bertz CT molecular complexity index is 1540. The Morgan fingerprint density at radius 1 is 1.04 bits per heavy atom. The molecule has 302 valence electrons. The summed E-state index contributed by atoms with van der Waals surface area (Å²) < 4.78 is 9.31. The second kappa shape index (κ2) is 29.8. The third kappa shape index (κ3) is 21.8. The van der Waals surface area contributed by atoms with Gasteiger partial charge in [-0.05, 0) is 95.2 Å². The molecule has 0 aliphatic rings. The van der Waals surface area contributed by atoms with Crippen LogP contribution in [0.3, 0.4) is 0 Å². The Balaban J connectivity index is 0.000000936. The van der Waals surface area contributed by atoms with Gasteiger partial charge in [-0.1, -0.05) is 63.6 Å². The van der Waals surface area contributed by atoms with Gasteiger partial charge in [0, 0.05) is 70.0 Å². The molecule has 1 heterocycles. The van der Waals surface area contributed by atoms with Crippen LogP contribution in [-0.2, 0) is 36.5 Å². The number of aromatic nitrogens is 1. The maximum absolute atomic E-state index is 12.3. The van der Waals surface area contributed by atoms with Crippen LogP contribution in [0.5, 0.6) is 5.75 Å². The Hall–Kier alpha value is -1.40. The topological polar surface area (TPSA) is 200 Å². The number of rotatable bonds is 21. The van der Waals surface area contributed by atoms with Gasteiger partial charge in [0.1, 0.15) is 18.4 Å². The summed E-state index contributed by atoms with van der Waals surface area (Å²) in [6, 6.07) is 12.4. The summed E-state index contributed by atoms with van der Waals surface area (Å²) in [6.45, 7) is 10.8. The molecular formula is C35H58N7O6P4PuS-. The summed E-state index contributed by atoms with van der Waals surface area (Å²) >= 11 is 1.63. The van der Waals surface area contributed by atoms with E-state index in [1.807, 2.05) is 50.4 Å². The van der Waals surface area contributed by atoms with E-state index in [0.717, 1.165) is 60.1 Å². The molecule has 7 atom stereocenters. The number of carbonyl (C=O) groups excluding carboxylic acids is 4. The van der Waals surface area contributed by atoms with E-state index < -0.39 is 23.9 Å². The van der Waals surface area contributed by atoms with Crippen molar-refractivity contribution in [2.75, 3.05) is 19.7 Å². The van der Waals surface area contributed by atoms with E-state index in [4.69, 9.17) is 21.0 Å². The molecule has 0 aliphatic carbocycles. The van der Waals surface area contributed by atoms with Crippen LogP contribution in [0, 0.1) is 36.1 Å². The molecule has 7 unspecified atom stereocenters. The summed E-state index contributed by atoms with van der Waals surface area (Å²) in [5.41, 5.74) is 17.8. The zero-order valence-corrected chi connectivity index (χ0v) is 40.3. The number of carbonyl (C=O) groups is 4. The van der Waals surface area contributed by atoms with Crippen LogP contribution in [0.4, 0.5) is 0 Å². The maximum atomic E-state index is 12.3. The van der Waals surface area contributed by atoms with Crippen molar-refractivity contribution in [2.45, 2.75) is 89.1 Å². The number of aryl methyl sites for hydroxylation is 1. The fourth-order valence-corrected chi connectivity index (χ4v) is 5.87. The van der Waals surface area contributed by atoms with Crippen LogP contribution in [0.2, 0.25) is 0 Å². The number of aromatic amines is 1. The van der Waals surface area contributed by atoms with Crippen molar-refractivity contribution < 1.29 is 57.6 Å². The average Bonchev–Trinajstić information content (AvgIpc) is 3.53. The molecule has 0 radical (unpaired) electrons. The average molecular weight is 1070 g/mol. The summed E-state index contributed by atoms with van der Waals surface area (Å²) in [7, 11) is 9.29. The molecule has 0 bridgehead atoms. The van der Waals surface area contributed by atoms with Crippen molar-refractivity contribution in [3.05, 3.63) is 71.1 Å². The quantitative estimate of drug-likeness (QED) is 0.0478. The smallest absolute Gasteiger partial charge is 0.295 e. The minimum Gasteiger partial charge on any atom is -0.667 e. The zero-order valence-electron chi connectivity index (χ0n) is 31.4. The van der Waals surface area contributed by atoms with Gasteiger partial charge in [0.25, 0.3) is 6.47 Å². The molecule has 3 aromatic rings. The number of amides is 3. The maximum Gasteiger partial charge on any atom is 0.295 e. The van der Waals surface area contributed by atoms with Crippen molar-refractivity contribution in [1.29, 1.82) is 0 Å². The zero-order chi connectivity index (χ0) is 39.8. The molecule has 0 saturated heterocycles. The van der Waals surface area contributed by atoms with Gasteiger partial charge < -0.3 is 41.4 Å². The number of benzene rings is 2. The van der Waals surface area contributed by atoms with Crippen LogP contribution < -0.4 is 31.3 Å². The molecule has 3 rings (SSSR count). The Morgan fingerprint density at radius 3 is 2.26 bits per heavy atom. The van der Waals surface area contributed by atoms with Gasteiger partial charge in [0.2, 0.25) is 17.7 Å². The molecule has 2 aromatic carbocycles. The van der Waals surface area contributed by atoms with Gasteiger partial charge in [0.05, 0.1) is 9.47 Å². The van der Waals surface area contributed by atoms with Crippen LogP contribution in [0.25, 0.3) is 16.6 Å². The molecule has 13 nitrogen and oxygen atoms in total. The van der Waals surface area contributed by atoms with Crippen LogP contribution in [0.1, 0.15) is 63.1 Å². The van der Waals surface area contributed by atoms with Crippen molar-refractivity contribution in [1.82, 2.24) is 25.8 Å². The number of para-hydroxylation sites is 1. The van der Waals surface area contributed by atoms with Crippen LogP contribution in [-0.4, -0.2) is 71.7 Å². The number of hydrogen-bond donors (Lipinski definition) is 6. The number of unbranched alkanes of at least 4 members (excludes halogenated alkanes) is 1. The first kappa shape index (κ1) is 52.6. The number of hydrogen-bond acceptors (Lipinski definition) is 9. The molecule has 0 spiro atoms. The van der Waals surface area contributed by atoms with E-state index in [-0.39, 0.29) is 52.3 Å². The number of fused-ring (bicyclic) bond motifs is 1. The fraction of sp³-hybridized carbons (Fsp3) is 0.486. The molecular weight excluding hydrogens is 1010 g/mol. The minimum absolute atomic E-state index is 0. The van der Waals surface area contributed by atoms with Crippen LogP contribution >= 0.6 is 48.1 Å². The standard InChI is InChI=1S/C18H27N5O2P.C16H28N2O2P2S.CH3O2P.Pu/c1-11-5-4-6-13-12(10-21-16(11)13)9-14(19)18(25)23-15(17(20)24)7-2-3-8-22-26;1-12(18-15(19)11-16(2,3)23-22)10-13-4-6-14(7-5-13)20-9-8-17-21;2-1-3-4;/h4-6,10,14-15,19,21-22H,2-3,7-9,26H2,1H3,(H2,20,24)(H,23,25);4-7,12,17H,8-11,21-22H2,1-3H3,(H,18,19);1H,4H2;/q-1;;;. The predicted octanol–water partition coefficient (Wildman–Crippen LogP) is 5.09. The second-order valence-corrected chi connectivity index (χ2v) is 16.0. The molecule has 1 aromatic heterocycles. The van der Waals surface area contributed by atoms with Crippen molar-refractivity contribution in [3.63, 3.8) is 0 Å². The Kier molecular flexibility index (Phi) is 29.0. The molecule has 0 fully saturated rings. The van der Waals surface area contributed by atoms with Crippen molar-refractivity contribution >= 4 is 83.2 Å². The third-order valence-electron chi connectivity index (χ3n) is 7.82. The number of H-pyrrole nitrogens is 1. The number of nitrogens with two attached hydrogens (primary N) is 1. The van der Waals surface area contributed by atoms with Gasteiger partial charge in [-0.2, -0.15) is 0 Å². The molecule has 54 heavy (non-hydrogen) atoms. The normalized spacial score (nSPS) is 12.3. The summed E-state index contributed by atoms with van der Waals surface area (Å²) in [5, 5.41) is 12.6. The summed E-state index contributed by atoms with van der Waals surface area (Å²) in [5.74, 6) is -0.0701. The van der Waals surface area contributed by atoms with Gasteiger partial charge >= 0.3 is 0 Å². The van der Waals surface area contributed by atoms with Crippen molar-refractivity contribution in [3.8, 4) is 5.75 Å². The summed E-state index contributed by atoms with van der Waals surface area (Å²) in [4.78, 5) is 48.1. The van der Waals surface area contributed by atoms with Gasteiger partial charge in [-0.25, -0.2) is 0 Å². The first-order valence-electron chi connectivity index (χ1n) is 17.1. The monoisotopic (exact) mass is 1070 g/mol. The fourth-order valence-electron chi connectivity index (χ4n) is 5.09. The third-order valence-corrected chi connectivity index (χ3v) is 11.2. The van der Waals surface area contributed by atoms with E-state index in [1.165, 1.54) is 5.56 Å². The molecule has 19 heteroatoms. The number of primary amides is 1. The Labute approximate surface area is 355 Å². The Morgan fingerprint density at radius 2 is 1.69 bits per heavy atom. The van der Waals surface area contributed by atoms with E-state index in [2.05, 4.69) is 83.5 Å². The van der Waals surface area contributed by atoms with E-state index in [1.54, 1.807) is 20.8 Å². The van der Waals surface area contributed by atoms with Gasteiger partial charge in [-0.15, -0.1) is 11.4 Å². The van der Waals surface area contributed by atoms with E-state index >= 15 is 0 Å². The van der Waals surface area contributed by atoms with E-state index in [9.17, 15) is 14.4 Å². The predicted molar refractivity (Wildman–Crippen MR) is 231 cm³/mol. The van der Waals surface area contributed by atoms with Gasteiger partial charge in [0.15, 0.2) is 0 Å². The molecule has 8 N–H and O–H groups in total. The van der Waals surface area contributed by atoms with Crippen LogP contribution in [0.15, 0.2) is 48.7 Å². The molecule has 0 aliphatic heterocycles. The molecule has 3 amide bonds. The largest absolute Gasteiger partial charge is 0.667 e. The molecule has 0 saturated carbocycles. The number of nitrogens with one attached hydrogen (secondary N) is 6. The van der Waals surface area contributed by atoms with Gasteiger partial charge in [-0.3, -0.25) is 24.3 Å².